The Bertz CT molecular complexity index is 819. The Morgan fingerprint density at radius 3 is 2.63 bits per heavy atom. The zero-order chi connectivity index (χ0) is 19.6. The molecule has 0 atom stereocenters. The van der Waals surface area contributed by atoms with E-state index in [9.17, 15) is 4.79 Å². The largest absolute Gasteiger partial charge is 0.378 e. The molecule has 27 heavy (non-hydrogen) atoms. The number of allylic oxidation sites excluding steroid dienone is 1. The van der Waals surface area contributed by atoms with E-state index in [-0.39, 0.29) is 5.91 Å². The number of rotatable bonds is 9. The van der Waals surface area contributed by atoms with E-state index in [0.717, 1.165) is 21.3 Å². The first-order valence-corrected chi connectivity index (χ1v) is 9.45. The van der Waals surface area contributed by atoms with Crippen LogP contribution in [0.5, 0.6) is 0 Å². The molecule has 1 amide bonds. The summed E-state index contributed by atoms with van der Waals surface area (Å²) in [5.41, 5.74) is 3.73. The highest BCUT2D eigenvalue weighted by molar-refractivity contribution is 9.10. The van der Waals surface area contributed by atoms with Crippen LogP contribution in [-0.4, -0.2) is 25.3 Å². The molecule has 2 aromatic rings. The van der Waals surface area contributed by atoms with E-state index < -0.39 is 0 Å². The van der Waals surface area contributed by atoms with Gasteiger partial charge < -0.3 is 20.8 Å². The molecule has 0 bridgehead atoms. The highest BCUT2D eigenvalue weighted by Gasteiger charge is 2.13. The fraction of sp³-hybridized carbons (Fsp3) is 0.238. The maximum absolute atomic E-state index is 12.6. The number of ether oxygens (including phenoxy) is 1. The van der Waals surface area contributed by atoms with Gasteiger partial charge in [0.2, 0.25) is 0 Å². The smallest absolute Gasteiger partial charge is 0.272 e. The molecule has 5 nitrogen and oxygen atoms in total. The van der Waals surface area contributed by atoms with Crippen molar-refractivity contribution in [3.63, 3.8) is 0 Å². The fourth-order valence-corrected chi connectivity index (χ4v) is 2.91. The van der Waals surface area contributed by atoms with E-state index in [1.807, 2.05) is 55.5 Å². The topological polar surface area (TPSA) is 74.2 Å². The molecule has 6 heteroatoms. The van der Waals surface area contributed by atoms with Crippen LogP contribution in [0.2, 0.25) is 0 Å². The van der Waals surface area contributed by atoms with Crippen LogP contribution in [0.25, 0.3) is 0 Å². The van der Waals surface area contributed by atoms with E-state index in [2.05, 4.69) is 26.6 Å². The minimum atomic E-state index is -0.274. The second-order valence-electron chi connectivity index (χ2n) is 6.08. The minimum absolute atomic E-state index is 0.274. The molecule has 0 fully saturated rings. The lowest BCUT2D eigenvalue weighted by molar-refractivity contribution is -0.113. The summed E-state index contributed by atoms with van der Waals surface area (Å²) in [5.74, 6) is -0.274. The third-order valence-corrected chi connectivity index (χ3v) is 4.43. The Hall–Kier alpha value is -2.44. The molecule has 0 saturated carbocycles. The highest BCUT2D eigenvalue weighted by Crippen LogP contribution is 2.20. The molecule has 0 heterocycles. The third kappa shape index (κ3) is 6.66. The van der Waals surface area contributed by atoms with E-state index >= 15 is 0 Å². The maximum atomic E-state index is 12.6. The van der Waals surface area contributed by atoms with E-state index in [4.69, 9.17) is 10.1 Å². The standard InChI is InChI=1S/C21H24BrN3O2/c1-15-12-18(22)8-9-19(15)25-21(26)20(16(2)13-23)24-10-11-27-14-17-6-4-3-5-7-17/h3-9,12-13,23-24H,10-11,14H2,1-2H3,(H,25,26)/b20-16-,23-13?. The molecule has 142 valence electrons. The Morgan fingerprint density at radius 1 is 1.22 bits per heavy atom. The number of nitrogens with one attached hydrogen (secondary N) is 3. The monoisotopic (exact) mass is 429 g/mol. The van der Waals surface area contributed by atoms with Gasteiger partial charge in [0.05, 0.1) is 13.2 Å². The number of amides is 1. The SMILES string of the molecule is C/C(C=N)=C(/NCCOCc1ccccc1)C(=O)Nc1ccc(Br)cc1C. The van der Waals surface area contributed by atoms with Crippen LogP contribution in [0.3, 0.4) is 0 Å². The summed E-state index contributed by atoms with van der Waals surface area (Å²) in [6, 6.07) is 15.6. The van der Waals surface area contributed by atoms with Gasteiger partial charge in [-0.15, -0.1) is 0 Å². The lowest BCUT2D eigenvalue weighted by Gasteiger charge is -2.15. The number of hydrogen-bond donors (Lipinski definition) is 3. The molecule has 2 rings (SSSR count). The molecule has 0 aliphatic carbocycles. The first-order chi connectivity index (χ1) is 13.0. The van der Waals surface area contributed by atoms with Crippen LogP contribution >= 0.6 is 15.9 Å². The van der Waals surface area contributed by atoms with Crippen molar-refractivity contribution >= 4 is 33.7 Å². The van der Waals surface area contributed by atoms with Gasteiger partial charge in [-0.3, -0.25) is 4.79 Å². The molecule has 2 aromatic carbocycles. The molecule has 0 aliphatic heterocycles. The van der Waals surface area contributed by atoms with Crippen LogP contribution in [0, 0.1) is 12.3 Å². The van der Waals surface area contributed by atoms with Gasteiger partial charge in [0.15, 0.2) is 0 Å². The molecule has 0 aliphatic rings. The first kappa shape index (κ1) is 20.9. The molecule has 0 radical (unpaired) electrons. The van der Waals surface area contributed by atoms with Crippen molar-refractivity contribution in [1.82, 2.24) is 5.32 Å². The molecule has 3 N–H and O–H groups in total. The van der Waals surface area contributed by atoms with Crippen molar-refractivity contribution in [2.75, 3.05) is 18.5 Å². The van der Waals surface area contributed by atoms with Crippen LogP contribution < -0.4 is 10.6 Å². The number of anilines is 1. The lowest BCUT2D eigenvalue weighted by Crippen LogP contribution is -2.30. The van der Waals surface area contributed by atoms with Crippen molar-refractivity contribution in [3.05, 3.63) is 75.4 Å². The summed E-state index contributed by atoms with van der Waals surface area (Å²) < 4.78 is 6.59. The molecule has 0 saturated heterocycles. The lowest BCUT2D eigenvalue weighted by atomic mass is 10.2. The summed E-state index contributed by atoms with van der Waals surface area (Å²) in [6.07, 6.45) is 1.17. The van der Waals surface area contributed by atoms with Gasteiger partial charge in [-0.05, 0) is 48.7 Å². The van der Waals surface area contributed by atoms with Crippen molar-refractivity contribution < 1.29 is 9.53 Å². The average molecular weight is 430 g/mol. The summed E-state index contributed by atoms with van der Waals surface area (Å²) in [6.45, 7) is 5.11. The summed E-state index contributed by atoms with van der Waals surface area (Å²) in [5, 5.41) is 13.5. The number of benzene rings is 2. The predicted octanol–water partition coefficient (Wildman–Crippen LogP) is 4.43. The highest BCUT2D eigenvalue weighted by atomic mass is 79.9. The van der Waals surface area contributed by atoms with Crippen LogP contribution in [-0.2, 0) is 16.1 Å². The van der Waals surface area contributed by atoms with E-state index in [0.29, 0.717) is 31.0 Å². The Kier molecular flexibility index (Phi) is 8.23. The molecule has 0 aromatic heterocycles. The second kappa shape index (κ2) is 10.6. The second-order valence-corrected chi connectivity index (χ2v) is 7.00. The Morgan fingerprint density at radius 2 is 1.96 bits per heavy atom. The zero-order valence-electron chi connectivity index (χ0n) is 15.5. The zero-order valence-corrected chi connectivity index (χ0v) is 17.1. The fourth-order valence-electron chi connectivity index (χ4n) is 2.44. The molecular weight excluding hydrogens is 406 g/mol. The third-order valence-electron chi connectivity index (χ3n) is 3.93. The first-order valence-electron chi connectivity index (χ1n) is 8.65. The number of aryl methyl sites for hydroxylation is 1. The van der Waals surface area contributed by atoms with Gasteiger partial charge in [-0.2, -0.15) is 0 Å². The van der Waals surface area contributed by atoms with E-state index in [1.165, 1.54) is 6.21 Å². The quantitative estimate of drug-likeness (QED) is 0.313. The minimum Gasteiger partial charge on any atom is -0.378 e. The Labute approximate surface area is 168 Å². The summed E-state index contributed by atoms with van der Waals surface area (Å²) in [7, 11) is 0. The maximum Gasteiger partial charge on any atom is 0.272 e. The van der Waals surface area contributed by atoms with Gasteiger partial charge >= 0.3 is 0 Å². The number of carbonyl (C=O) groups is 1. The van der Waals surface area contributed by atoms with Crippen molar-refractivity contribution in [1.29, 1.82) is 5.41 Å². The van der Waals surface area contributed by atoms with Crippen LogP contribution in [0.1, 0.15) is 18.1 Å². The van der Waals surface area contributed by atoms with Crippen molar-refractivity contribution in [2.24, 2.45) is 0 Å². The van der Waals surface area contributed by atoms with Gasteiger partial charge in [0.25, 0.3) is 5.91 Å². The van der Waals surface area contributed by atoms with Crippen molar-refractivity contribution in [3.8, 4) is 0 Å². The number of carbonyl (C=O) groups excluding carboxylic acids is 1. The van der Waals surface area contributed by atoms with E-state index in [1.54, 1.807) is 6.92 Å². The van der Waals surface area contributed by atoms with Crippen LogP contribution in [0.4, 0.5) is 5.69 Å². The van der Waals surface area contributed by atoms with Crippen LogP contribution in [0.15, 0.2) is 64.3 Å². The predicted molar refractivity (Wildman–Crippen MR) is 113 cm³/mol. The van der Waals surface area contributed by atoms with Gasteiger partial charge in [0, 0.05) is 22.9 Å². The Balaban J connectivity index is 1.91. The van der Waals surface area contributed by atoms with Gasteiger partial charge in [-0.25, -0.2) is 0 Å². The molecular formula is C21H24BrN3O2. The number of halogens is 1. The normalized spacial score (nSPS) is 11.5. The molecule has 0 unspecified atom stereocenters. The summed E-state index contributed by atoms with van der Waals surface area (Å²) in [4.78, 5) is 12.6. The van der Waals surface area contributed by atoms with Gasteiger partial charge in [-0.1, -0.05) is 46.3 Å². The number of hydrogen-bond acceptors (Lipinski definition) is 4. The van der Waals surface area contributed by atoms with Gasteiger partial charge in [0.1, 0.15) is 5.70 Å². The average Bonchev–Trinajstić information content (AvgIpc) is 2.67. The molecule has 0 spiro atoms. The summed E-state index contributed by atoms with van der Waals surface area (Å²) >= 11 is 3.41. The van der Waals surface area contributed by atoms with Crippen molar-refractivity contribution in [2.45, 2.75) is 20.5 Å².